The molecule has 5 aromatic heterocycles. The van der Waals surface area contributed by atoms with Crippen molar-refractivity contribution in [3.05, 3.63) is 143 Å². The molecule has 2 aromatic carbocycles. The van der Waals surface area contributed by atoms with Crippen LogP contribution in [0, 0.1) is 35.5 Å². The molecular formula is C100H137N17O21. The molecule has 13 rings (SSSR count). The monoisotopic (exact) mass is 1910 g/mol. The highest BCUT2D eigenvalue weighted by Gasteiger charge is 2.53. The van der Waals surface area contributed by atoms with Gasteiger partial charge in [-0.2, -0.15) is 10.1 Å². The van der Waals surface area contributed by atoms with Crippen LogP contribution >= 0.6 is 0 Å². The Morgan fingerprint density at radius 1 is 0.681 bits per heavy atom. The maximum absolute atomic E-state index is 14.9. The number of hydrogen-bond acceptors (Lipinski definition) is 33. The lowest BCUT2D eigenvalue weighted by molar-refractivity contribution is -0.265. The number of cyclic esters (lactones) is 1. The number of nitrogens with one attached hydrogen (secondary N) is 2. The summed E-state index contributed by atoms with van der Waals surface area (Å²) in [6.07, 6.45) is 19.2. The van der Waals surface area contributed by atoms with E-state index >= 15 is 0 Å². The van der Waals surface area contributed by atoms with E-state index in [0.29, 0.717) is 206 Å². The molecule has 6 aliphatic rings. The number of anilines is 4. The number of ether oxygens (including phenoxy) is 11. The number of aromatic nitrogens is 9. The van der Waals surface area contributed by atoms with Crippen LogP contribution in [0.25, 0.3) is 33.4 Å². The fraction of sp³-hybridized carbons (Fsp3) is 0.590. The number of nitrogens with zero attached hydrogens (tertiary/aromatic N) is 13. The zero-order valence-electron chi connectivity index (χ0n) is 81.2. The van der Waals surface area contributed by atoms with Crippen LogP contribution in [0.5, 0.6) is 0 Å². The van der Waals surface area contributed by atoms with Gasteiger partial charge in [0.25, 0.3) is 23.6 Å². The van der Waals surface area contributed by atoms with Crippen molar-refractivity contribution >= 4 is 87.2 Å². The average molecular weight is 1910 g/mol. The number of rotatable bonds is 31. The van der Waals surface area contributed by atoms with Gasteiger partial charge in [-0.25, -0.2) is 44.2 Å². The minimum Gasteiger partial charge on any atom is -0.460 e. The Hall–Kier alpha value is -11.2. The molecule has 8 N–H and O–H groups in total. The van der Waals surface area contributed by atoms with Crippen LogP contribution in [0.3, 0.4) is 0 Å². The number of carbonyl (C=O) groups is 7. The number of nitrogen functional groups attached to an aromatic ring is 2. The van der Waals surface area contributed by atoms with Crippen LogP contribution in [-0.2, 0) is 102 Å². The van der Waals surface area contributed by atoms with Gasteiger partial charge in [-0.3, -0.25) is 24.0 Å². The number of aliphatic hydroxyl groups is 2. The lowest BCUT2D eigenvalue weighted by atomic mass is 9.78. The summed E-state index contributed by atoms with van der Waals surface area (Å²) in [5.41, 5.74) is 21.1. The molecule has 7 aromatic rings. The molecule has 0 spiro atoms. The molecule has 1 saturated carbocycles. The van der Waals surface area contributed by atoms with Crippen molar-refractivity contribution < 1.29 is 100 Å². The number of hydrogen-bond donors (Lipinski definition) is 6. The molecule has 4 fully saturated rings. The van der Waals surface area contributed by atoms with E-state index in [2.05, 4.69) is 67.5 Å². The van der Waals surface area contributed by atoms with Crippen molar-refractivity contribution in [1.29, 1.82) is 0 Å². The Balaban J connectivity index is 0.480. The van der Waals surface area contributed by atoms with Crippen molar-refractivity contribution in [3.8, 4) is 11.3 Å². The van der Waals surface area contributed by atoms with E-state index in [1.807, 2.05) is 98.9 Å². The zero-order chi connectivity index (χ0) is 98.1. The topological polar surface area (TPSA) is 472 Å². The molecule has 5 aliphatic heterocycles. The second-order valence-electron chi connectivity index (χ2n) is 37.2. The molecule has 16 atom stereocenters. The molecule has 0 radical (unpaired) electrons. The molecule has 0 unspecified atom stereocenters. The Morgan fingerprint density at radius 3 is 2.09 bits per heavy atom. The van der Waals surface area contributed by atoms with Crippen molar-refractivity contribution in [3.63, 3.8) is 0 Å². The van der Waals surface area contributed by atoms with Crippen molar-refractivity contribution in [2.24, 2.45) is 35.5 Å². The second kappa shape index (κ2) is 50.1. The number of methoxy groups -OCH3 is 4. The molecule has 3 saturated heterocycles. The predicted molar refractivity (Wildman–Crippen MR) is 513 cm³/mol. The quantitative estimate of drug-likeness (QED) is 0.0102. The first-order chi connectivity index (χ1) is 66.6. The van der Waals surface area contributed by atoms with E-state index in [1.165, 1.54) is 18.3 Å². The van der Waals surface area contributed by atoms with Crippen LogP contribution in [0.2, 0.25) is 0 Å². The summed E-state index contributed by atoms with van der Waals surface area (Å²) in [5, 5.41) is 35.3. The molecule has 10 heterocycles. The number of alkyl carbamates (subject to hydrolysis) is 1. The SMILES string of the molecule is CO[C@H]1C[C@@H]2CC[C@@H](C)[C@@](O)(O2)C(=O)C(=O)N2CCCC[C@H]2C(=O)O[C@H]([C@H](C)C[C@@H]2CC[C@@H](OC(=O)NCCOCCOCCOCCOCCC(=O)NCc3cnc(N4CCN(c5ncc(C(=O)N6CCc7cc(Cn8nc(-c9ccc%10oc(N)nc%10c9)c9c(N)ncnc98)ccc7C6)cn5)CC4)nc3)[C@H](OC)C2)C[C@@H](OC)[C@H](C)/C=C(\C)[C@@H](O)[C@@H](OC)C(=O)[C@H](C)C[C@H](C)/C=C/C=C/C=C/1C. The van der Waals surface area contributed by atoms with Gasteiger partial charge in [0.15, 0.2) is 17.0 Å². The van der Waals surface area contributed by atoms with Crippen molar-refractivity contribution in [2.75, 3.05) is 148 Å². The zero-order valence-corrected chi connectivity index (χ0v) is 81.2. The smallest absolute Gasteiger partial charge is 0.407 e. The summed E-state index contributed by atoms with van der Waals surface area (Å²) >= 11 is 0. The number of amides is 4. The first-order valence-electron chi connectivity index (χ1n) is 48.3. The number of fused-ring (bicyclic) bond motifs is 6. The molecule has 1 aliphatic carbocycles. The average Bonchev–Trinajstić information content (AvgIpc) is 1.69. The Labute approximate surface area is 805 Å². The summed E-state index contributed by atoms with van der Waals surface area (Å²) < 4.78 is 72.5. The van der Waals surface area contributed by atoms with E-state index in [9.17, 15) is 43.8 Å². The number of Topliss-reactive ketones (excluding diaryl/α,β-unsaturated/α-hetero) is 2. The first kappa shape index (κ1) is 104. The summed E-state index contributed by atoms with van der Waals surface area (Å²) in [7, 11) is 6.13. The number of allylic oxidation sites excluding steroid dienone is 5. The summed E-state index contributed by atoms with van der Waals surface area (Å²) in [6, 6.07) is 10.7. The highest BCUT2D eigenvalue weighted by molar-refractivity contribution is 6.39. The van der Waals surface area contributed by atoms with Gasteiger partial charge < -0.3 is 108 Å². The molecule has 2 bridgehead atoms. The number of piperazine rings is 1. The number of aliphatic hydroxyl groups excluding tert-OH is 1. The standard InChI is InChI=1S/C100H137N17O21/c1-61-17-13-12-14-18-62(2)80(127-8)51-75-25-20-67(7)100(126,138-75)90(121)94(123)116-31-16-15-19-77(116)95(124)135-82(52-81(128-9)63(3)46-66(6)88(120)89(130-11)87(119)65(5)45-61)64(4)47-68-22-26-79(83(49-68)129-10)137-99(125)103-30-38-132-40-42-134-44-43-133-41-39-131-37-29-84(118)104-53-70-54-105-97(106-55-70)113-33-35-114(36-34-113)98-107-56-74(57-108-98)93(122)115-32-28-71-48-69(21-23-73(71)59-115)58-117-92-85(91(101)109-60-110-92)86(112-117)72-24-27-78-76(50-72)111-96(102)136-78/h12-14,17-18,21,23-24,27,46,48,50,54-57,60-61,63-65,67-68,75,77,79-83,88-89,120,126H,15-16,19-20,22,25-26,28-45,47,49,51-53,58-59H2,1-11H3,(H2,102,111)(H,103,125)(H,104,118)(H2,101,109,110)/b14-12+,17-13+,62-18+,66-46+/t61-,63-,64-,65-,67-,68+,75+,77+,79-,80+,81-,82+,83-,88-,89+,100-/m1/s1. The third-order valence-corrected chi connectivity index (χ3v) is 27.3. The minimum absolute atomic E-state index is 0.00362. The molecule has 38 nitrogen and oxygen atoms in total. The number of esters is 1. The van der Waals surface area contributed by atoms with Gasteiger partial charge in [-0.05, 0) is 148 Å². The number of oxazole rings is 1. The third kappa shape index (κ3) is 27.3. The summed E-state index contributed by atoms with van der Waals surface area (Å²) in [5.74, 6) is -6.31. The van der Waals surface area contributed by atoms with Crippen LogP contribution in [0.4, 0.5) is 28.5 Å². The second-order valence-corrected chi connectivity index (χ2v) is 37.2. The third-order valence-electron chi connectivity index (χ3n) is 27.3. The fourth-order valence-corrected chi connectivity index (χ4v) is 19.3. The molecular weight excluding hydrogens is 1780 g/mol. The van der Waals surface area contributed by atoms with E-state index in [-0.39, 0.29) is 100 Å². The number of benzene rings is 2. The molecule has 748 valence electrons. The lowest BCUT2D eigenvalue weighted by Gasteiger charge is -2.43. The molecule has 138 heavy (non-hydrogen) atoms. The van der Waals surface area contributed by atoms with Crippen molar-refractivity contribution in [2.45, 2.75) is 219 Å². The Morgan fingerprint density at radius 2 is 1.38 bits per heavy atom. The van der Waals surface area contributed by atoms with Crippen LogP contribution in [0.1, 0.15) is 165 Å². The largest absolute Gasteiger partial charge is 0.460 e. The van der Waals surface area contributed by atoms with Gasteiger partial charge in [0.2, 0.25) is 23.6 Å². The predicted octanol–water partition coefficient (Wildman–Crippen LogP) is 9.40. The number of ketones is 2. The molecule has 38 heteroatoms. The minimum atomic E-state index is -2.46. The summed E-state index contributed by atoms with van der Waals surface area (Å²) in [6.45, 7) is 19.8. The van der Waals surface area contributed by atoms with Gasteiger partial charge in [0.1, 0.15) is 53.8 Å². The highest BCUT2D eigenvalue weighted by atomic mass is 16.6. The van der Waals surface area contributed by atoms with Crippen molar-refractivity contribution in [1.82, 2.24) is 65.1 Å². The Bertz CT molecular complexity index is 5380. The number of piperidine rings is 1. The van der Waals surface area contributed by atoms with Gasteiger partial charge in [-0.15, -0.1) is 0 Å². The maximum Gasteiger partial charge on any atom is 0.407 e. The number of carbonyl (C=O) groups excluding carboxylic acids is 7. The van der Waals surface area contributed by atoms with Crippen LogP contribution in [-0.4, -0.2) is 294 Å². The normalized spacial score (nSPS) is 26.9. The van der Waals surface area contributed by atoms with Crippen LogP contribution in [0.15, 0.2) is 120 Å². The van der Waals surface area contributed by atoms with Gasteiger partial charge in [0.05, 0.1) is 94.8 Å². The van der Waals surface area contributed by atoms with E-state index in [0.717, 1.165) is 33.4 Å². The highest BCUT2D eigenvalue weighted by Crippen LogP contribution is 2.41. The number of nitrogens with two attached hydrogens (primary N) is 2. The van der Waals surface area contributed by atoms with Gasteiger partial charge in [0, 0.05) is 160 Å². The van der Waals surface area contributed by atoms with E-state index in [1.54, 1.807) is 66.0 Å². The van der Waals surface area contributed by atoms with Gasteiger partial charge >= 0.3 is 12.1 Å². The maximum atomic E-state index is 14.9. The first-order valence-corrected chi connectivity index (χ1v) is 48.3. The molecule has 4 amide bonds. The summed E-state index contributed by atoms with van der Waals surface area (Å²) in [4.78, 5) is 137. The van der Waals surface area contributed by atoms with Gasteiger partial charge in [-0.1, -0.05) is 89.3 Å². The Kier molecular flexibility index (Phi) is 37.8. The van der Waals surface area contributed by atoms with E-state index < -0.39 is 102 Å². The van der Waals surface area contributed by atoms with Crippen LogP contribution < -0.4 is 31.9 Å². The van der Waals surface area contributed by atoms with E-state index in [4.69, 9.17) is 73.1 Å². The lowest BCUT2D eigenvalue weighted by Crippen LogP contribution is -2.61. The fourth-order valence-electron chi connectivity index (χ4n) is 19.3.